The molecule has 246 valence electrons. The summed E-state index contributed by atoms with van der Waals surface area (Å²) in [6.45, 7) is 15.6. The predicted octanol–water partition coefficient (Wildman–Crippen LogP) is 5.11. The maximum Gasteiger partial charge on any atom is 0.494 e. The number of benzene rings is 1. The highest BCUT2D eigenvalue weighted by Gasteiger charge is 2.72. The van der Waals surface area contributed by atoms with E-state index in [1.54, 1.807) is 4.90 Å². The van der Waals surface area contributed by atoms with Crippen LogP contribution in [-0.4, -0.2) is 89.9 Å². The van der Waals surface area contributed by atoms with Gasteiger partial charge in [0, 0.05) is 55.8 Å². The lowest BCUT2D eigenvalue weighted by molar-refractivity contribution is -0.125. The lowest BCUT2D eigenvalue weighted by Gasteiger charge is -2.41. The zero-order chi connectivity index (χ0) is 32.3. The number of piperidine rings is 2. The summed E-state index contributed by atoms with van der Waals surface area (Å²) >= 11 is 0. The van der Waals surface area contributed by atoms with Crippen LogP contribution >= 0.6 is 0 Å². The van der Waals surface area contributed by atoms with E-state index in [1.807, 2.05) is 59.4 Å². The number of rotatable bonds is 3. The van der Waals surface area contributed by atoms with Crippen LogP contribution in [0.1, 0.15) is 92.6 Å². The fourth-order valence-corrected chi connectivity index (χ4v) is 8.49. The highest BCUT2D eigenvalue weighted by atomic mass is 19.3. The van der Waals surface area contributed by atoms with E-state index in [1.165, 1.54) is 0 Å². The zero-order valence-electron chi connectivity index (χ0n) is 27.8. The number of halogens is 2. The molecule has 2 amide bonds. The van der Waals surface area contributed by atoms with Crippen molar-refractivity contribution in [3.8, 4) is 0 Å². The summed E-state index contributed by atoms with van der Waals surface area (Å²) in [5.74, 6) is -3.30. The molecule has 0 radical (unpaired) electrons. The molecule has 4 heterocycles. The molecule has 11 heteroatoms. The van der Waals surface area contributed by atoms with Crippen LogP contribution in [0.2, 0.25) is 0 Å². The molecule has 2 saturated carbocycles. The lowest BCUT2D eigenvalue weighted by atomic mass is 9.72. The van der Waals surface area contributed by atoms with Crippen LogP contribution in [0.15, 0.2) is 18.2 Å². The second kappa shape index (κ2) is 10.1. The first-order valence-corrected chi connectivity index (χ1v) is 16.9. The van der Waals surface area contributed by atoms with Crippen LogP contribution in [0.3, 0.4) is 0 Å². The first-order valence-electron chi connectivity index (χ1n) is 16.9. The van der Waals surface area contributed by atoms with Crippen LogP contribution in [0.5, 0.6) is 0 Å². The van der Waals surface area contributed by atoms with E-state index < -0.39 is 47.1 Å². The van der Waals surface area contributed by atoms with Crippen LogP contribution in [0.4, 0.5) is 19.3 Å². The van der Waals surface area contributed by atoms with Gasteiger partial charge in [-0.15, -0.1) is 0 Å². The number of hydrogen-bond donors (Lipinski definition) is 0. The summed E-state index contributed by atoms with van der Waals surface area (Å²) < 4.78 is 46.1. The average molecular weight is 628 g/mol. The van der Waals surface area contributed by atoms with Gasteiger partial charge < -0.3 is 23.8 Å². The number of likely N-dealkylation sites (tertiary alicyclic amines) is 2. The minimum absolute atomic E-state index is 0.0304. The van der Waals surface area contributed by atoms with Crippen molar-refractivity contribution in [2.75, 3.05) is 31.1 Å². The lowest BCUT2D eigenvalue weighted by Crippen LogP contribution is -2.53. The molecule has 3 saturated heterocycles. The molecule has 2 atom stereocenters. The molecule has 2 aliphatic carbocycles. The van der Waals surface area contributed by atoms with E-state index in [0.717, 1.165) is 42.4 Å². The van der Waals surface area contributed by atoms with Gasteiger partial charge in [0.2, 0.25) is 5.91 Å². The third-order valence-corrected chi connectivity index (χ3v) is 12.0. The van der Waals surface area contributed by atoms with Crippen LogP contribution in [0.25, 0.3) is 0 Å². The van der Waals surface area contributed by atoms with E-state index in [0.29, 0.717) is 45.1 Å². The van der Waals surface area contributed by atoms with Crippen molar-refractivity contribution in [2.24, 2.45) is 11.8 Å². The number of anilines is 1. The van der Waals surface area contributed by atoms with Crippen molar-refractivity contribution >= 4 is 30.3 Å². The summed E-state index contributed by atoms with van der Waals surface area (Å²) in [6.07, 6.45) is 4.18. The summed E-state index contributed by atoms with van der Waals surface area (Å²) in [5.41, 5.74) is 0.558. The average Bonchev–Trinajstić information content (AvgIpc) is 3.29. The maximum absolute atomic E-state index is 14.7. The van der Waals surface area contributed by atoms with Gasteiger partial charge in [0.15, 0.2) is 0 Å². The van der Waals surface area contributed by atoms with Crippen molar-refractivity contribution in [1.29, 1.82) is 0 Å². The number of alkyl halides is 2. The Hall–Kier alpha value is -2.24. The molecule has 1 aromatic rings. The van der Waals surface area contributed by atoms with Crippen LogP contribution in [-0.2, 0) is 24.3 Å². The number of ether oxygens (including phenoxy) is 1. The fourth-order valence-electron chi connectivity index (χ4n) is 8.49. The molecule has 1 spiro atoms. The number of carbonyl (C=O) groups is 2. The Morgan fingerprint density at radius 3 is 2.04 bits per heavy atom. The van der Waals surface area contributed by atoms with Crippen molar-refractivity contribution in [1.82, 2.24) is 9.80 Å². The number of fused-ring (bicyclic) bond motifs is 3. The summed E-state index contributed by atoms with van der Waals surface area (Å²) in [5, 5.41) is 0. The highest BCUT2D eigenvalue weighted by Crippen LogP contribution is 2.60. The highest BCUT2D eigenvalue weighted by molar-refractivity contribution is 6.62. The molecule has 5 fully saturated rings. The van der Waals surface area contributed by atoms with Gasteiger partial charge in [-0.2, -0.15) is 0 Å². The minimum Gasteiger partial charge on any atom is -0.444 e. The Morgan fingerprint density at radius 2 is 1.49 bits per heavy atom. The van der Waals surface area contributed by atoms with Crippen molar-refractivity contribution in [3.63, 3.8) is 0 Å². The smallest absolute Gasteiger partial charge is 0.444 e. The van der Waals surface area contributed by atoms with Gasteiger partial charge >= 0.3 is 13.2 Å². The monoisotopic (exact) mass is 627 g/mol. The van der Waals surface area contributed by atoms with E-state index in [4.69, 9.17) is 14.0 Å². The molecule has 45 heavy (non-hydrogen) atoms. The molecular formula is C34H48BF2N3O5. The van der Waals surface area contributed by atoms with Gasteiger partial charge in [0.1, 0.15) is 5.60 Å². The van der Waals surface area contributed by atoms with Crippen LogP contribution in [0, 0.1) is 11.8 Å². The molecule has 0 bridgehead atoms. The number of carbonyl (C=O) groups excluding carboxylic acids is 2. The Kier molecular flexibility index (Phi) is 7.06. The molecule has 0 aromatic heterocycles. The zero-order valence-corrected chi connectivity index (χ0v) is 27.8. The Balaban J connectivity index is 1.13. The Morgan fingerprint density at radius 1 is 0.933 bits per heavy atom. The topological polar surface area (TPSA) is 71.6 Å². The summed E-state index contributed by atoms with van der Waals surface area (Å²) in [7, 11) is -0.543. The van der Waals surface area contributed by atoms with Gasteiger partial charge in [-0.3, -0.25) is 9.69 Å². The van der Waals surface area contributed by atoms with E-state index in [9.17, 15) is 18.4 Å². The first kappa shape index (κ1) is 31.4. The molecule has 1 aromatic carbocycles. The molecule has 8 nitrogen and oxygen atoms in total. The Bertz CT molecular complexity index is 1350. The normalized spacial score (nSPS) is 33.0. The predicted molar refractivity (Wildman–Crippen MR) is 168 cm³/mol. The molecule has 0 N–H and O–H groups in total. The summed E-state index contributed by atoms with van der Waals surface area (Å²) in [6, 6.07) is 6.53. The standard InChI is InChI=1S/C34H48BF2N3O5/c1-30(2,3)43-29(42)38-16-14-33(15-17-38)24-13-8-21(35-44-31(4,5)32(6,7)45-35)18-27(24)40(28(33)41)23-11-9-22(10-12-23)39-19-25-26(20-39)34(25,36)37/h8,13,18,22-23,25-26H,9-12,14-17,19-20H2,1-7H3. The third-order valence-electron chi connectivity index (χ3n) is 12.0. The van der Waals surface area contributed by atoms with Gasteiger partial charge in [-0.1, -0.05) is 12.1 Å². The number of nitrogens with zero attached hydrogens (tertiary/aromatic N) is 3. The van der Waals surface area contributed by atoms with Crippen LogP contribution < -0.4 is 10.4 Å². The third kappa shape index (κ3) is 5.01. The molecule has 4 aliphatic heterocycles. The van der Waals surface area contributed by atoms with E-state index in [2.05, 4.69) is 17.0 Å². The minimum atomic E-state index is -2.47. The molecular weight excluding hydrogens is 579 g/mol. The molecule has 6 aliphatic rings. The summed E-state index contributed by atoms with van der Waals surface area (Å²) in [4.78, 5) is 33.6. The fraction of sp³-hybridized carbons (Fsp3) is 0.765. The van der Waals surface area contributed by atoms with Gasteiger partial charge in [-0.25, -0.2) is 13.6 Å². The second-order valence-electron chi connectivity index (χ2n) is 16.4. The maximum atomic E-state index is 14.7. The Labute approximate surface area is 266 Å². The van der Waals surface area contributed by atoms with Crippen molar-refractivity contribution in [3.05, 3.63) is 23.8 Å². The van der Waals surface area contributed by atoms with Crippen molar-refractivity contribution < 1.29 is 32.4 Å². The number of hydrogen-bond acceptors (Lipinski definition) is 6. The SMILES string of the molecule is CC(C)(C)OC(=O)N1CCC2(CC1)C(=O)N(C1CCC(N3CC4C(C3)C4(F)F)CC1)c1cc(B3OC(C)(C)C(C)(C)O3)ccc12. The van der Waals surface area contributed by atoms with Gasteiger partial charge in [-0.05, 0) is 104 Å². The first-order chi connectivity index (χ1) is 20.9. The second-order valence-corrected chi connectivity index (χ2v) is 16.4. The number of amides is 2. The molecule has 7 rings (SSSR count). The quantitative estimate of drug-likeness (QED) is 0.434. The van der Waals surface area contributed by atoms with E-state index >= 15 is 0 Å². The van der Waals surface area contributed by atoms with E-state index in [-0.39, 0.29) is 18.0 Å². The largest absolute Gasteiger partial charge is 0.494 e. The molecule has 2 unspecified atom stereocenters. The van der Waals surface area contributed by atoms with Gasteiger partial charge in [0.05, 0.1) is 16.6 Å². The van der Waals surface area contributed by atoms with Crippen molar-refractivity contribution in [2.45, 2.75) is 127 Å². The van der Waals surface area contributed by atoms with Gasteiger partial charge in [0.25, 0.3) is 5.92 Å².